The summed E-state index contributed by atoms with van der Waals surface area (Å²) in [6.07, 6.45) is 1.64. The second-order valence-electron chi connectivity index (χ2n) is 5.67. The Balaban J connectivity index is 1.63. The molecule has 0 saturated carbocycles. The molecule has 138 valence electrons. The highest BCUT2D eigenvalue weighted by Gasteiger charge is 2.10. The molecule has 0 spiro atoms. The Morgan fingerprint density at radius 2 is 1.81 bits per heavy atom. The average molecular weight is 383 g/mol. The van der Waals surface area contributed by atoms with Gasteiger partial charge in [-0.15, -0.1) is 0 Å². The Kier molecular flexibility index (Phi) is 5.49. The zero-order chi connectivity index (χ0) is 19.3. The average Bonchev–Trinajstić information content (AvgIpc) is 2.67. The van der Waals surface area contributed by atoms with Crippen LogP contribution in [-0.4, -0.2) is 19.3 Å². The number of nitrogens with zero attached hydrogens (tertiary/aromatic N) is 1. The van der Waals surface area contributed by atoms with Gasteiger partial charge in [-0.05, 0) is 48.0 Å². The summed E-state index contributed by atoms with van der Waals surface area (Å²) in [4.78, 5) is 16.3. The van der Waals surface area contributed by atoms with E-state index in [1.165, 1.54) is 24.3 Å². The van der Waals surface area contributed by atoms with E-state index >= 15 is 0 Å². The van der Waals surface area contributed by atoms with Crippen LogP contribution in [0, 0.1) is 0 Å². The lowest BCUT2D eigenvalue weighted by Crippen LogP contribution is -2.23. The smallest absolute Gasteiger partial charge is 0.251 e. The molecule has 1 amide bonds. The highest BCUT2D eigenvalue weighted by atomic mass is 32.2. The van der Waals surface area contributed by atoms with Crippen LogP contribution in [-0.2, 0) is 16.6 Å². The number of hydrogen-bond donors (Lipinski definition) is 2. The highest BCUT2D eigenvalue weighted by Crippen LogP contribution is 2.20. The van der Waals surface area contributed by atoms with Crippen molar-refractivity contribution in [3.8, 4) is 11.6 Å². The van der Waals surface area contributed by atoms with Gasteiger partial charge in [0.15, 0.2) is 0 Å². The van der Waals surface area contributed by atoms with Gasteiger partial charge in [-0.1, -0.05) is 18.2 Å². The minimum Gasteiger partial charge on any atom is -0.439 e. The quantitative estimate of drug-likeness (QED) is 0.679. The molecule has 3 N–H and O–H groups in total. The van der Waals surface area contributed by atoms with Gasteiger partial charge in [-0.3, -0.25) is 4.79 Å². The first kappa shape index (κ1) is 18.6. The molecular weight excluding hydrogens is 366 g/mol. The van der Waals surface area contributed by atoms with Crippen LogP contribution in [0.15, 0.2) is 77.8 Å². The Morgan fingerprint density at radius 3 is 2.48 bits per heavy atom. The lowest BCUT2D eigenvalue weighted by molar-refractivity contribution is 0.0950. The number of nitrogens with two attached hydrogens (primary N) is 1. The summed E-state index contributed by atoms with van der Waals surface area (Å²) < 4.78 is 28.2. The summed E-state index contributed by atoms with van der Waals surface area (Å²) in [6, 6.07) is 18.1. The van der Waals surface area contributed by atoms with E-state index in [4.69, 9.17) is 9.88 Å². The maximum Gasteiger partial charge on any atom is 0.251 e. The molecule has 0 aliphatic heterocycles. The maximum atomic E-state index is 12.2. The third-order valence-corrected chi connectivity index (χ3v) is 4.59. The molecule has 8 heteroatoms. The zero-order valence-electron chi connectivity index (χ0n) is 14.2. The lowest BCUT2D eigenvalue weighted by Gasteiger charge is -2.08. The number of nitrogens with one attached hydrogen (secondary N) is 1. The van der Waals surface area contributed by atoms with Crippen LogP contribution in [0.25, 0.3) is 0 Å². The molecule has 0 fully saturated rings. The normalized spacial score (nSPS) is 11.0. The number of rotatable bonds is 6. The molecular formula is C19H17N3O4S. The van der Waals surface area contributed by atoms with Crippen LogP contribution >= 0.6 is 0 Å². The topological polar surface area (TPSA) is 111 Å². The predicted molar refractivity (Wildman–Crippen MR) is 99.7 cm³/mol. The molecule has 0 aliphatic rings. The number of sulfonamides is 1. The zero-order valence-corrected chi connectivity index (χ0v) is 15.0. The lowest BCUT2D eigenvalue weighted by atomic mass is 10.2. The van der Waals surface area contributed by atoms with Gasteiger partial charge in [0, 0.05) is 24.4 Å². The van der Waals surface area contributed by atoms with Crippen molar-refractivity contribution < 1.29 is 17.9 Å². The number of hydrogen-bond acceptors (Lipinski definition) is 5. The van der Waals surface area contributed by atoms with Crippen LogP contribution in [0.1, 0.15) is 15.9 Å². The van der Waals surface area contributed by atoms with Gasteiger partial charge in [0.25, 0.3) is 5.91 Å². The van der Waals surface area contributed by atoms with Gasteiger partial charge in [0.2, 0.25) is 15.9 Å². The van der Waals surface area contributed by atoms with Crippen molar-refractivity contribution >= 4 is 15.9 Å². The van der Waals surface area contributed by atoms with Crippen molar-refractivity contribution in [2.24, 2.45) is 5.14 Å². The summed E-state index contributed by atoms with van der Waals surface area (Å²) in [5.41, 5.74) is 1.18. The fraction of sp³-hybridized carbons (Fsp3) is 0.0526. The summed E-state index contributed by atoms with van der Waals surface area (Å²) in [5.74, 6) is 0.763. The molecule has 7 nitrogen and oxygen atoms in total. The highest BCUT2D eigenvalue weighted by molar-refractivity contribution is 7.89. The fourth-order valence-corrected chi connectivity index (χ4v) is 2.84. The summed E-state index contributed by atoms with van der Waals surface area (Å²) >= 11 is 0. The minimum atomic E-state index is -3.78. The van der Waals surface area contributed by atoms with Crippen LogP contribution in [0.2, 0.25) is 0 Å². The van der Waals surface area contributed by atoms with Gasteiger partial charge >= 0.3 is 0 Å². The molecule has 3 rings (SSSR count). The van der Waals surface area contributed by atoms with Gasteiger partial charge in [0.05, 0.1) is 4.90 Å². The van der Waals surface area contributed by atoms with Crippen molar-refractivity contribution in [3.63, 3.8) is 0 Å². The van der Waals surface area contributed by atoms with Crippen molar-refractivity contribution in [2.45, 2.75) is 11.4 Å². The van der Waals surface area contributed by atoms with Crippen molar-refractivity contribution in [2.75, 3.05) is 0 Å². The van der Waals surface area contributed by atoms with Gasteiger partial charge < -0.3 is 10.1 Å². The second-order valence-corrected chi connectivity index (χ2v) is 7.23. The molecule has 0 saturated heterocycles. The largest absolute Gasteiger partial charge is 0.439 e. The summed E-state index contributed by atoms with van der Waals surface area (Å²) in [5, 5.41) is 7.82. The molecule has 27 heavy (non-hydrogen) atoms. The van der Waals surface area contributed by atoms with Crippen molar-refractivity contribution in [1.82, 2.24) is 10.3 Å². The molecule has 0 radical (unpaired) electrons. The van der Waals surface area contributed by atoms with Crippen molar-refractivity contribution in [1.29, 1.82) is 0 Å². The van der Waals surface area contributed by atoms with E-state index in [0.29, 0.717) is 17.2 Å². The number of amides is 1. The molecule has 0 atom stereocenters. The summed E-state index contributed by atoms with van der Waals surface area (Å²) in [6.45, 7) is 0.287. The Morgan fingerprint density at radius 1 is 1.04 bits per heavy atom. The molecule has 0 aliphatic carbocycles. The SMILES string of the molecule is NS(=O)(=O)c1ccc(C(=O)NCc2cccc(Oc3ccccn3)c2)cc1. The summed E-state index contributed by atoms with van der Waals surface area (Å²) in [7, 11) is -3.78. The number of carbonyl (C=O) groups is 1. The van der Waals surface area contributed by atoms with E-state index in [1.807, 2.05) is 18.2 Å². The first-order chi connectivity index (χ1) is 12.9. The first-order valence-corrected chi connectivity index (χ1v) is 9.55. The number of pyridine rings is 1. The monoisotopic (exact) mass is 383 g/mol. The Labute approximate surface area is 156 Å². The molecule has 2 aromatic carbocycles. The molecule has 1 heterocycles. The molecule has 3 aromatic rings. The van der Waals surface area contributed by atoms with Gasteiger partial charge in [-0.25, -0.2) is 18.5 Å². The predicted octanol–water partition coefficient (Wildman–Crippen LogP) is 2.45. The number of primary sulfonamides is 1. The second kappa shape index (κ2) is 7.98. The van der Waals surface area contributed by atoms with Crippen molar-refractivity contribution in [3.05, 3.63) is 84.1 Å². The van der Waals surface area contributed by atoms with E-state index < -0.39 is 10.0 Å². The third-order valence-electron chi connectivity index (χ3n) is 3.66. The van der Waals surface area contributed by atoms with E-state index in [2.05, 4.69) is 10.3 Å². The van der Waals surface area contributed by atoms with E-state index in [9.17, 15) is 13.2 Å². The number of ether oxygens (including phenoxy) is 1. The van der Waals surface area contributed by atoms with Crippen LogP contribution in [0.3, 0.4) is 0 Å². The maximum absolute atomic E-state index is 12.2. The van der Waals surface area contributed by atoms with Crippen LogP contribution < -0.4 is 15.2 Å². The Bertz CT molecular complexity index is 1040. The first-order valence-electron chi connectivity index (χ1n) is 8.01. The molecule has 0 unspecified atom stereocenters. The van der Waals surface area contributed by atoms with Crippen LogP contribution in [0.5, 0.6) is 11.6 Å². The Hall–Kier alpha value is -3.23. The number of carbonyl (C=O) groups excluding carboxylic acids is 1. The fourth-order valence-electron chi connectivity index (χ4n) is 2.33. The van der Waals surface area contributed by atoms with Gasteiger partial charge in [0.1, 0.15) is 5.75 Å². The van der Waals surface area contributed by atoms with Crippen LogP contribution in [0.4, 0.5) is 0 Å². The van der Waals surface area contributed by atoms with E-state index in [-0.39, 0.29) is 17.3 Å². The van der Waals surface area contributed by atoms with E-state index in [0.717, 1.165) is 5.56 Å². The third kappa shape index (κ3) is 5.13. The van der Waals surface area contributed by atoms with Gasteiger partial charge in [-0.2, -0.15) is 0 Å². The number of aromatic nitrogens is 1. The molecule has 0 bridgehead atoms. The number of benzene rings is 2. The molecule has 1 aromatic heterocycles. The minimum absolute atomic E-state index is 0.0431. The standard InChI is InChI=1S/C19H17N3O4S/c20-27(24,25)17-9-7-15(8-10-17)19(23)22-13-14-4-3-5-16(12-14)26-18-6-1-2-11-21-18/h1-12H,13H2,(H,22,23)(H2,20,24,25). The van der Waals surface area contributed by atoms with E-state index in [1.54, 1.807) is 30.5 Å².